The minimum Gasteiger partial charge on any atom is -1.00 e. The first-order valence-electron chi connectivity index (χ1n) is 5.03. The second kappa shape index (κ2) is 14.4. The van der Waals surface area contributed by atoms with Crippen LogP contribution in [0.1, 0.15) is 33.6 Å². The third-order valence-corrected chi connectivity index (χ3v) is 2.24. The number of hydrogen-bond acceptors (Lipinski definition) is 0. The van der Waals surface area contributed by atoms with E-state index >= 15 is 0 Å². The van der Waals surface area contributed by atoms with Crippen molar-refractivity contribution in [3.8, 4) is 0 Å². The van der Waals surface area contributed by atoms with E-state index in [4.69, 9.17) is 0 Å². The zero-order valence-electron chi connectivity index (χ0n) is 10.6. The smallest absolute Gasteiger partial charge is 1.00 e. The maximum absolute atomic E-state index is 3.34. The summed E-state index contributed by atoms with van der Waals surface area (Å²) in [5, 5.41) is 0. The molecule has 0 aliphatic heterocycles. The van der Waals surface area contributed by atoms with Crippen molar-refractivity contribution in [3.63, 3.8) is 0 Å². The molecule has 0 saturated carbocycles. The first-order valence-corrected chi connectivity index (χ1v) is 6.77. The molecule has 0 fully saturated rings. The molecule has 0 aromatic rings. The van der Waals surface area contributed by atoms with Gasteiger partial charge in [-0.25, -0.2) is 22.8 Å². The minimum atomic E-state index is 0. The topological polar surface area (TPSA) is 0 Å². The van der Waals surface area contributed by atoms with Crippen LogP contribution in [0.15, 0.2) is 34.9 Å². The third kappa shape index (κ3) is 11.1. The molecule has 2 aliphatic carbocycles. The molecule has 0 bridgehead atoms. The van der Waals surface area contributed by atoms with E-state index in [9.17, 15) is 0 Å². The van der Waals surface area contributed by atoms with Gasteiger partial charge in [0.05, 0.1) is 0 Å². The van der Waals surface area contributed by atoms with Gasteiger partial charge in [-0.3, -0.25) is 12.2 Å². The molecule has 0 atom stereocenters. The summed E-state index contributed by atoms with van der Waals surface area (Å²) in [5.41, 5.74) is 4.05. The average Bonchev–Trinajstić information content (AvgIpc) is 2.84. The Bertz CT molecular complexity index is 293. The fourth-order valence-corrected chi connectivity index (χ4v) is 1.15. The first kappa shape index (κ1) is 22.5. The summed E-state index contributed by atoms with van der Waals surface area (Å²) in [6, 6.07) is 0. The van der Waals surface area contributed by atoms with Crippen LogP contribution in [0.25, 0.3) is 0 Å². The maximum atomic E-state index is 3.34. The molecule has 2 aliphatic rings. The predicted octanol–water partition coefficient (Wildman–Crippen LogP) is -2.25. The molecule has 2 rings (SSSR count). The van der Waals surface area contributed by atoms with Crippen molar-refractivity contribution in [3.05, 3.63) is 47.1 Å². The molecular weight excluding hydrogens is 330 g/mol. The molecular formula is C14H18Cl2Zr-2. The van der Waals surface area contributed by atoms with Gasteiger partial charge in [-0.05, 0) is 0 Å². The van der Waals surface area contributed by atoms with Crippen molar-refractivity contribution < 1.29 is 49.0 Å². The molecule has 0 unspecified atom stereocenters. The first-order chi connectivity index (χ1) is 7.20. The molecule has 0 spiro atoms. The van der Waals surface area contributed by atoms with Crippen molar-refractivity contribution >= 4 is 4.21 Å². The van der Waals surface area contributed by atoms with Gasteiger partial charge in [0.15, 0.2) is 0 Å². The van der Waals surface area contributed by atoms with Crippen LogP contribution < -0.4 is 24.8 Å². The van der Waals surface area contributed by atoms with Crippen LogP contribution in [0.3, 0.4) is 0 Å². The van der Waals surface area contributed by atoms with E-state index < -0.39 is 0 Å². The molecule has 0 aromatic carbocycles. The van der Waals surface area contributed by atoms with Gasteiger partial charge in [0.2, 0.25) is 0 Å². The molecule has 0 nitrogen and oxygen atoms in total. The summed E-state index contributed by atoms with van der Waals surface area (Å²) in [7, 11) is 0. The number of rotatable bonds is 0. The monoisotopic (exact) mass is 346 g/mol. The summed E-state index contributed by atoms with van der Waals surface area (Å²) in [6.07, 6.45) is 14.6. The molecule has 3 heteroatoms. The predicted molar refractivity (Wildman–Crippen MR) is 64.1 cm³/mol. The van der Waals surface area contributed by atoms with Crippen LogP contribution >= 0.6 is 0 Å². The van der Waals surface area contributed by atoms with Gasteiger partial charge < -0.3 is 24.8 Å². The van der Waals surface area contributed by atoms with Crippen LogP contribution in [0.4, 0.5) is 0 Å². The number of allylic oxidation sites excluding steroid dienone is 8. The van der Waals surface area contributed by atoms with Crippen molar-refractivity contribution in [2.75, 3.05) is 0 Å². The van der Waals surface area contributed by atoms with E-state index in [-0.39, 0.29) is 24.8 Å². The summed E-state index contributed by atoms with van der Waals surface area (Å²) in [4.78, 5) is 0. The second-order valence-electron chi connectivity index (χ2n) is 3.39. The third-order valence-electron chi connectivity index (χ3n) is 2.24. The maximum Gasteiger partial charge on any atom is -1.00 e. The molecule has 0 radical (unpaired) electrons. The Labute approximate surface area is 133 Å². The van der Waals surface area contributed by atoms with E-state index in [0.29, 0.717) is 0 Å². The van der Waals surface area contributed by atoms with E-state index in [0.717, 1.165) is 12.8 Å². The van der Waals surface area contributed by atoms with Crippen molar-refractivity contribution in [2.24, 2.45) is 0 Å². The van der Waals surface area contributed by atoms with Crippen molar-refractivity contribution in [1.29, 1.82) is 0 Å². The average molecular weight is 348 g/mol. The Kier molecular flexibility index (Phi) is 19.0. The van der Waals surface area contributed by atoms with Crippen LogP contribution in [-0.4, -0.2) is 4.21 Å². The Hall–Kier alpha value is 0.293. The standard InChI is InChI=1S/C7H9.C6H7.CH2.2ClH.Zr/c1-6-4-3-5-7(6)2;1-6-4-2-3-5-6;;;;/h4H,3H2,1-2H3;4-5H,2H2,1H3;1H2;2*1H;/q2*-1;;;;+2/p-2. The largest absolute Gasteiger partial charge is 1.00 e. The number of hydrogen-bond donors (Lipinski definition) is 0. The van der Waals surface area contributed by atoms with Gasteiger partial charge >= 0.3 is 28.4 Å². The van der Waals surface area contributed by atoms with Gasteiger partial charge in [0, 0.05) is 0 Å². The van der Waals surface area contributed by atoms with Crippen molar-refractivity contribution in [2.45, 2.75) is 33.6 Å². The summed E-state index contributed by atoms with van der Waals surface area (Å²) in [6.45, 7) is 6.30. The zero-order chi connectivity index (χ0) is 11.7. The van der Waals surface area contributed by atoms with Gasteiger partial charge in [-0.2, -0.15) is 12.2 Å². The summed E-state index contributed by atoms with van der Waals surface area (Å²) in [5.74, 6) is 0. The fraction of sp³-hybridized carbons (Fsp3) is 0.357. The van der Waals surface area contributed by atoms with Crippen LogP contribution in [0.2, 0.25) is 0 Å². The van der Waals surface area contributed by atoms with Crippen LogP contribution in [0, 0.1) is 12.2 Å². The normalized spacial score (nSPS) is 14.8. The van der Waals surface area contributed by atoms with Gasteiger partial charge in [-0.15, -0.1) is 26.7 Å². The SMILES string of the molecule is CC1=CC[C-]=C1.CC1=[C-]CC=C1C.[CH2]=[Zr+2].[Cl-].[Cl-]. The quantitative estimate of drug-likeness (QED) is 0.434. The fourth-order valence-electron chi connectivity index (χ4n) is 1.15. The van der Waals surface area contributed by atoms with Gasteiger partial charge in [-0.1, -0.05) is 6.92 Å². The molecule has 17 heavy (non-hydrogen) atoms. The Morgan fingerprint density at radius 2 is 1.65 bits per heavy atom. The van der Waals surface area contributed by atoms with Gasteiger partial charge in [0.1, 0.15) is 0 Å². The zero-order valence-corrected chi connectivity index (χ0v) is 14.6. The van der Waals surface area contributed by atoms with Crippen LogP contribution in [-0.2, 0) is 24.2 Å². The van der Waals surface area contributed by atoms with Crippen molar-refractivity contribution in [1.82, 2.24) is 0 Å². The molecule has 0 aromatic heterocycles. The summed E-state index contributed by atoms with van der Waals surface area (Å²) >= 11 is 1.30. The molecule has 0 saturated heterocycles. The van der Waals surface area contributed by atoms with E-state index in [2.05, 4.69) is 49.3 Å². The van der Waals surface area contributed by atoms with E-state index in [1.54, 1.807) is 0 Å². The molecule has 94 valence electrons. The Balaban J connectivity index is -0.000000184. The summed E-state index contributed by atoms with van der Waals surface area (Å²) < 4.78 is 3.34. The van der Waals surface area contributed by atoms with E-state index in [1.165, 1.54) is 41.0 Å². The molecule has 0 N–H and O–H groups in total. The number of halogens is 2. The van der Waals surface area contributed by atoms with Crippen LogP contribution in [0.5, 0.6) is 0 Å². The Morgan fingerprint density at radius 1 is 1.06 bits per heavy atom. The van der Waals surface area contributed by atoms with E-state index in [1.807, 2.05) is 6.08 Å². The van der Waals surface area contributed by atoms with Gasteiger partial charge in [0.25, 0.3) is 0 Å². The second-order valence-corrected chi connectivity index (χ2v) is 3.39. The molecule has 0 amide bonds. The molecule has 0 heterocycles. The Morgan fingerprint density at radius 3 is 1.76 bits per heavy atom. The minimum absolute atomic E-state index is 0.